The van der Waals surface area contributed by atoms with Gasteiger partial charge in [0.2, 0.25) is 0 Å². The number of aromatic nitrogens is 1. The van der Waals surface area contributed by atoms with Crippen molar-refractivity contribution in [2.24, 2.45) is 0 Å². The molecule has 4 nitrogen and oxygen atoms in total. The molecule has 0 radical (unpaired) electrons. The van der Waals surface area contributed by atoms with Crippen LogP contribution in [0, 0.1) is 0 Å². The van der Waals surface area contributed by atoms with Crippen LogP contribution in [0.3, 0.4) is 0 Å². The van der Waals surface area contributed by atoms with E-state index in [0.717, 1.165) is 18.9 Å². The van der Waals surface area contributed by atoms with Gasteiger partial charge >= 0.3 is 24.2 Å². The predicted octanol–water partition coefficient (Wildman–Crippen LogP) is 8.52. The van der Waals surface area contributed by atoms with Gasteiger partial charge < -0.3 is 9.84 Å². The first-order chi connectivity index (χ1) is 17.9. The minimum Gasteiger partial charge on any atom is -0.356 e. The van der Waals surface area contributed by atoms with E-state index in [9.17, 15) is 48.7 Å². The Labute approximate surface area is 221 Å². The van der Waals surface area contributed by atoms with Crippen LogP contribution in [0.5, 0.6) is 0 Å². The molecule has 0 saturated heterocycles. The average molecular weight is 609 g/mol. The maximum absolute atomic E-state index is 14.6. The first-order valence-corrected chi connectivity index (χ1v) is 11.4. The molecule has 1 heterocycles. The molecular formula is C23H12Cl2F10N2O2. The van der Waals surface area contributed by atoms with Gasteiger partial charge in [-0.2, -0.15) is 39.5 Å². The number of nitrogens with zero attached hydrogens (tertiary/aromatic N) is 1. The van der Waals surface area contributed by atoms with E-state index in [4.69, 9.17) is 27.7 Å². The van der Waals surface area contributed by atoms with Gasteiger partial charge in [0, 0.05) is 28.8 Å². The molecular weight excluding hydrogens is 597 g/mol. The fourth-order valence-electron chi connectivity index (χ4n) is 3.69. The van der Waals surface area contributed by atoms with Crippen molar-refractivity contribution in [1.29, 1.82) is 0 Å². The summed E-state index contributed by atoms with van der Waals surface area (Å²) < 4.78 is 140. The Morgan fingerprint density at radius 2 is 1.51 bits per heavy atom. The molecule has 0 aliphatic heterocycles. The second kappa shape index (κ2) is 9.58. The smallest absolute Gasteiger partial charge is 0.356 e. The zero-order chi connectivity index (χ0) is 29.1. The van der Waals surface area contributed by atoms with Gasteiger partial charge in [0.25, 0.3) is 5.91 Å². The summed E-state index contributed by atoms with van der Waals surface area (Å²) in [6.07, 6.45) is -18.0. The molecule has 1 fully saturated rings. The summed E-state index contributed by atoms with van der Waals surface area (Å²) in [5, 5.41) is 4.59. The summed E-state index contributed by atoms with van der Waals surface area (Å²) >= 11 is 11.7. The van der Waals surface area contributed by atoms with E-state index in [1.54, 1.807) is 0 Å². The molecule has 0 bridgehead atoms. The topological polar surface area (TPSA) is 55.1 Å². The normalized spacial score (nSPS) is 15.0. The first kappa shape index (κ1) is 29.0. The molecule has 4 rings (SSSR count). The molecule has 1 amide bonds. The van der Waals surface area contributed by atoms with E-state index in [-0.39, 0.29) is 34.0 Å². The van der Waals surface area contributed by atoms with Crippen molar-refractivity contribution in [2.75, 3.05) is 0 Å². The van der Waals surface area contributed by atoms with Crippen molar-refractivity contribution in [2.45, 2.75) is 43.1 Å². The van der Waals surface area contributed by atoms with Crippen LogP contribution in [0.4, 0.5) is 43.9 Å². The molecule has 0 spiro atoms. The largest absolute Gasteiger partial charge is 0.435 e. The van der Waals surface area contributed by atoms with Gasteiger partial charge in [0.05, 0.1) is 21.2 Å². The zero-order valence-corrected chi connectivity index (χ0v) is 20.3. The molecule has 0 unspecified atom stereocenters. The number of carbonyl (C=O) groups is 1. The Bertz CT molecular complexity index is 1410. The highest BCUT2D eigenvalue weighted by Crippen LogP contribution is 2.57. The molecule has 0 atom stereocenters. The fraction of sp³-hybridized carbons (Fsp3) is 0.304. The van der Waals surface area contributed by atoms with Gasteiger partial charge in [-0.3, -0.25) is 4.79 Å². The lowest BCUT2D eigenvalue weighted by molar-refractivity contribution is -0.349. The van der Waals surface area contributed by atoms with E-state index >= 15 is 0 Å². The Morgan fingerprint density at radius 3 is 2.05 bits per heavy atom. The van der Waals surface area contributed by atoms with Gasteiger partial charge in [0.1, 0.15) is 5.69 Å². The van der Waals surface area contributed by atoms with Crippen molar-refractivity contribution in [3.05, 3.63) is 63.1 Å². The maximum atomic E-state index is 14.6. The van der Waals surface area contributed by atoms with Crippen LogP contribution in [0.1, 0.15) is 34.3 Å². The van der Waals surface area contributed by atoms with Crippen molar-refractivity contribution in [3.63, 3.8) is 0 Å². The van der Waals surface area contributed by atoms with Crippen molar-refractivity contribution >= 4 is 29.1 Å². The Balaban J connectivity index is 1.81. The molecule has 16 heteroatoms. The third-order valence-electron chi connectivity index (χ3n) is 5.77. The molecule has 210 valence electrons. The molecule has 1 saturated carbocycles. The summed E-state index contributed by atoms with van der Waals surface area (Å²) in [6, 6.07) is 4.94. The van der Waals surface area contributed by atoms with Crippen LogP contribution < -0.4 is 5.32 Å². The number of alkyl halides is 10. The maximum Gasteiger partial charge on any atom is 0.435 e. The fourth-order valence-corrected chi connectivity index (χ4v) is 4.26. The van der Waals surface area contributed by atoms with Gasteiger partial charge in [0.15, 0.2) is 5.76 Å². The predicted molar refractivity (Wildman–Crippen MR) is 118 cm³/mol. The summed E-state index contributed by atoms with van der Waals surface area (Å²) in [4.78, 5) is 12.4. The van der Waals surface area contributed by atoms with E-state index in [2.05, 4.69) is 10.5 Å². The third kappa shape index (κ3) is 5.28. The number of rotatable bonds is 5. The highest BCUT2D eigenvalue weighted by atomic mass is 35.5. The van der Waals surface area contributed by atoms with Crippen LogP contribution in [0.25, 0.3) is 22.6 Å². The monoisotopic (exact) mass is 608 g/mol. The van der Waals surface area contributed by atoms with E-state index in [1.807, 2.05) is 0 Å². The standard InChI is InChI=1S/C23H12Cl2F10N2O2/c24-14-6-1-9(7-12(14)19(38)36-10-2-3-10)16-8-15(37-39-16)11-4-5-13(17(18(11)25)21(27,28)29)20(26,22(30,31)32)23(33,34)35/h1,4-8,10H,2-3H2,(H,36,38). The Morgan fingerprint density at radius 1 is 0.897 bits per heavy atom. The van der Waals surface area contributed by atoms with E-state index < -0.39 is 57.5 Å². The number of carbonyl (C=O) groups excluding carboxylic acids is 1. The summed E-state index contributed by atoms with van der Waals surface area (Å²) in [5.74, 6) is -0.678. The SMILES string of the molecule is O=C(NC1CC1)c1cc(-c2cc(-c3ccc(C(F)(C(F)(F)F)C(F)(F)F)c(C(F)(F)F)c3Cl)no2)ccc1Cl. The second-order valence-electron chi connectivity index (χ2n) is 8.52. The highest BCUT2D eigenvalue weighted by molar-refractivity contribution is 6.34. The molecule has 1 aliphatic rings. The van der Waals surface area contributed by atoms with Gasteiger partial charge in [-0.1, -0.05) is 40.5 Å². The lowest BCUT2D eigenvalue weighted by Crippen LogP contribution is -2.51. The zero-order valence-electron chi connectivity index (χ0n) is 18.8. The lowest BCUT2D eigenvalue weighted by atomic mass is 9.88. The third-order valence-corrected chi connectivity index (χ3v) is 6.49. The van der Waals surface area contributed by atoms with Gasteiger partial charge in [-0.05, 0) is 31.0 Å². The van der Waals surface area contributed by atoms with Gasteiger partial charge in [-0.25, -0.2) is 4.39 Å². The van der Waals surface area contributed by atoms with Crippen LogP contribution in [-0.2, 0) is 11.8 Å². The average Bonchev–Trinajstić information content (AvgIpc) is 3.48. The summed E-state index contributed by atoms with van der Waals surface area (Å²) in [5.41, 5.74) is -13.0. The molecule has 3 aromatic rings. The highest BCUT2D eigenvalue weighted by Gasteiger charge is 2.75. The molecule has 1 N–H and O–H groups in total. The first-order valence-electron chi connectivity index (χ1n) is 10.7. The molecule has 39 heavy (non-hydrogen) atoms. The quantitative estimate of drug-likeness (QED) is 0.295. The number of nitrogens with one attached hydrogen (secondary N) is 1. The molecule has 1 aromatic heterocycles. The second-order valence-corrected chi connectivity index (χ2v) is 9.31. The molecule has 1 aliphatic carbocycles. The van der Waals surface area contributed by atoms with Crippen LogP contribution in [0.15, 0.2) is 40.9 Å². The van der Waals surface area contributed by atoms with Gasteiger partial charge in [-0.15, -0.1) is 0 Å². The Hall–Kier alpha value is -3.00. The summed E-state index contributed by atoms with van der Waals surface area (Å²) in [7, 11) is 0. The lowest BCUT2D eigenvalue weighted by Gasteiger charge is -2.32. The minimum atomic E-state index is -6.81. The number of benzene rings is 2. The van der Waals surface area contributed by atoms with Crippen LogP contribution >= 0.6 is 23.2 Å². The van der Waals surface area contributed by atoms with Crippen molar-refractivity contribution in [3.8, 4) is 22.6 Å². The van der Waals surface area contributed by atoms with Crippen LogP contribution in [0.2, 0.25) is 10.0 Å². The number of halogens is 12. The van der Waals surface area contributed by atoms with Crippen LogP contribution in [-0.4, -0.2) is 29.5 Å². The van der Waals surface area contributed by atoms with Crippen molar-refractivity contribution < 1.29 is 53.2 Å². The number of amides is 1. The minimum absolute atomic E-state index is 0.0141. The summed E-state index contributed by atoms with van der Waals surface area (Å²) in [6.45, 7) is 0. The van der Waals surface area contributed by atoms with E-state index in [0.29, 0.717) is 6.07 Å². The van der Waals surface area contributed by atoms with Crippen molar-refractivity contribution in [1.82, 2.24) is 10.5 Å². The number of hydrogen-bond acceptors (Lipinski definition) is 3. The van der Waals surface area contributed by atoms with E-state index in [1.165, 1.54) is 18.2 Å². The number of hydrogen-bond donors (Lipinski definition) is 1. The molecule has 2 aromatic carbocycles. The Kier molecular flexibility index (Phi) is 7.12.